The first kappa shape index (κ1) is 21.2. The minimum absolute atomic E-state index is 0.0341. The molecule has 0 atom stereocenters. The summed E-state index contributed by atoms with van der Waals surface area (Å²) in [6.07, 6.45) is 3.13. The Morgan fingerprint density at radius 1 is 1.00 bits per heavy atom. The molecule has 2 rings (SSSR count). The van der Waals surface area contributed by atoms with Gasteiger partial charge in [0.2, 0.25) is 5.91 Å². The average molecular weight is 405 g/mol. The van der Waals surface area contributed by atoms with Gasteiger partial charge in [-0.05, 0) is 68.2 Å². The minimum atomic E-state index is -0.143. The third-order valence-electron chi connectivity index (χ3n) is 3.99. The molecule has 0 aliphatic carbocycles. The number of hydrogen-bond acceptors (Lipinski definition) is 3. The number of allylic oxidation sites excluding steroid dienone is 1. The fourth-order valence-electron chi connectivity index (χ4n) is 2.47. The monoisotopic (exact) mass is 404 g/mol. The molecule has 0 fully saturated rings. The molecule has 0 bridgehead atoms. The highest BCUT2D eigenvalue weighted by atomic mass is 35.5. The molecule has 2 aromatic carbocycles. The van der Waals surface area contributed by atoms with Gasteiger partial charge in [0.15, 0.2) is 5.78 Å². The molecule has 0 unspecified atom stereocenters. The van der Waals surface area contributed by atoms with Gasteiger partial charge in [0, 0.05) is 41.3 Å². The summed E-state index contributed by atoms with van der Waals surface area (Å²) in [5.41, 5.74) is 2.03. The Balaban J connectivity index is 2.12. The number of carbonyl (C=O) groups is 2. The molecule has 0 aliphatic rings. The zero-order chi connectivity index (χ0) is 20.0. The van der Waals surface area contributed by atoms with Crippen LogP contribution in [0.15, 0.2) is 48.5 Å². The van der Waals surface area contributed by atoms with Gasteiger partial charge in [-0.25, -0.2) is 0 Å². The lowest BCUT2D eigenvalue weighted by Crippen LogP contribution is -2.35. The van der Waals surface area contributed by atoms with Crippen molar-refractivity contribution in [1.29, 1.82) is 0 Å². The van der Waals surface area contributed by atoms with Crippen molar-refractivity contribution in [3.63, 3.8) is 0 Å². The largest absolute Gasteiger partial charge is 0.311 e. The van der Waals surface area contributed by atoms with Crippen molar-refractivity contribution in [1.82, 2.24) is 4.90 Å². The summed E-state index contributed by atoms with van der Waals surface area (Å²) < 4.78 is 0. The predicted molar refractivity (Wildman–Crippen MR) is 113 cm³/mol. The Labute approximate surface area is 170 Å². The Morgan fingerprint density at radius 2 is 1.67 bits per heavy atom. The van der Waals surface area contributed by atoms with Crippen molar-refractivity contribution in [3.8, 4) is 0 Å². The number of ketones is 1. The smallest absolute Gasteiger partial charge is 0.223 e. The second-order valence-electron chi connectivity index (χ2n) is 6.38. The quantitative estimate of drug-likeness (QED) is 0.491. The van der Waals surface area contributed by atoms with Crippen LogP contribution in [-0.2, 0) is 4.79 Å². The average Bonchev–Trinajstić information content (AvgIpc) is 2.61. The van der Waals surface area contributed by atoms with Gasteiger partial charge in [-0.1, -0.05) is 29.3 Å². The third kappa shape index (κ3) is 6.21. The van der Waals surface area contributed by atoms with Gasteiger partial charge in [0.05, 0.1) is 0 Å². The molecule has 6 heteroatoms. The van der Waals surface area contributed by atoms with Crippen LogP contribution in [0, 0.1) is 0 Å². The Morgan fingerprint density at radius 3 is 2.22 bits per heavy atom. The summed E-state index contributed by atoms with van der Waals surface area (Å²) in [4.78, 5) is 28.0. The summed E-state index contributed by atoms with van der Waals surface area (Å²) in [5.74, 6) is -0.177. The van der Waals surface area contributed by atoms with E-state index in [-0.39, 0.29) is 11.7 Å². The second kappa shape index (κ2) is 9.70. The van der Waals surface area contributed by atoms with Crippen molar-refractivity contribution in [2.24, 2.45) is 0 Å². The molecule has 0 saturated heterocycles. The summed E-state index contributed by atoms with van der Waals surface area (Å²) in [7, 11) is 3.92. The van der Waals surface area contributed by atoms with E-state index in [1.807, 2.05) is 19.0 Å². The lowest BCUT2D eigenvalue weighted by molar-refractivity contribution is -0.116. The van der Waals surface area contributed by atoms with Gasteiger partial charge in [-0.3, -0.25) is 9.59 Å². The van der Waals surface area contributed by atoms with Crippen LogP contribution in [-0.4, -0.2) is 43.8 Å². The van der Waals surface area contributed by atoms with Gasteiger partial charge < -0.3 is 9.80 Å². The zero-order valence-electron chi connectivity index (χ0n) is 15.6. The topological polar surface area (TPSA) is 40.6 Å². The van der Waals surface area contributed by atoms with E-state index in [1.54, 1.807) is 53.4 Å². The summed E-state index contributed by atoms with van der Waals surface area (Å²) in [6, 6.07) is 12.1. The maximum atomic E-state index is 12.4. The number of benzene rings is 2. The molecule has 0 heterocycles. The van der Waals surface area contributed by atoms with Crippen LogP contribution in [0.25, 0.3) is 6.08 Å². The Kier molecular flexibility index (Phi) is 7.60. The molecule has 4 nitrogen and oxygen atoms in total. The second-order valence-corrected chi connectivity index (χ2v) is 7.23. The highest BCUT2D eigenvalue weighted by molar-refractivity contribution is 6.35. The van der Waals surface area contributed by atoms with E-state index in [1.165, 1.54) is 13.0 Å². The first-order valence-corrected chi connectivity index (χ1v) is 9.24. The van der Waals surface area contributed by atoms with Crippen molar-refractivity contribution in [2.75, 3.05) is 32.1 Å². The number of carbonyl (C=O) groups excluding carboxylic acids is 2. The SMILES string of the molecule is CC(=O)N(CCN(C)C)c1ccc(C(=O)C=Cc2ccc(Cl)cc2Cl)cc1. The van der Waals surface area contributed by atoms with Crippen molar-refractivity contribution < 1.29 is 9.59 Å². The molecule has 0 N–H and O–H groups in total. The van der Waals surface area contributed by atoms with Crippen molar-refractivity contribution >= 4 is 46.7 Å². The van der Waals surface area contributed by atoms with Crippen LogP contribution in [0.1, 0.15) is 22.8 Å². The number of rotatable bonds is 7. The lowest BCUT2D eigenvalue weighted by atomic mass is 10.1. The Bertz CT molecular complexity index is 846. The van der Waals surface area contributed by atoms with E-state index in [0.717, 1.165) is 17.8 Å². The van der Waals surface area contributed by atoms with E-state index >= 15 is 0 Å². The highest BCUT2D eigenvalue weighted by Gasteiger charge is 2.12. The molecule has 142 valence electrons. The fraction of sp³-hybridized carbons (Fsp3) is 0.238. The van der Waals surface area contributed by atoms with Crippen LogP contribution < -0.4 is 4.90 Å². The van der Waals surface area contributed by atoms with Crippen LogP contribution in [0.4, 0.5) is 5.69 Å². The molecule has 0 saturated carbocycles. The number of hydrogen-bond donors (Lipinski definition) is 0. The standard InChI is InChI=1S/C21H22Cl2N2O2/c1-15(26)25(13-12-24(2)3)19-9-5-17(6-10-19)21(27)11-7-16-4-8-18(22)14-20(16)23/h4-11,14H,12-13H2,1-3H3. The maximum Gasteiger partial charge on any atom is 0.223 e. The Hall–Kier alpha value is -2.14. The van der Waals surface area contributed by atoms with Gasteiger partial charge in [0.25, 0.3) is 0 Å². The lowest BCUT2D eigenvalue weighted by Gasteiger charge is -2.23. The number of amides is 1. The van der Waals surface area contributed by atoms with Gasteiger partial charge in [0.1, 0.15) is 0 Å². The molecular formula is C21H22Cl2N2O2. The van der Waals surface area contributed by atoms with Crippen LogP contribution >= 0.6 is 23.2 Å². The van der Waals surface area contributed by atoms with E-state index < -0.39 is 0 Å². The van der Waals surface area contributed by atoms with Crippen molar-refractivity contribution in [2.45, 2.75) is 6.92 Å². The molecule has 0 spiro atoms. The molecule has 2 aromatic rings. The van der Waals surface area contributed by atoms with Crippen LogP contribution in [0.5, 0.6) is 0 Å². The zero-order valence-corrected chi connectivity index (χ0v) is 17.1. The van der Waals surface area contributed by atoms with Crippen LogP contribution in [0.3, 0.4) is 0 Å². The van der Waals surface area contributed by atoms with E-state index in [0.29, 0.717) is 22.2 Å². The molecular weight excluding hydrogens is 383 g/mol. The molecule has 0 aromatic heterocycles. The van der Waals surface area contributed by atoms with E-state index in [2.05, 4.69) is 0 Å². The normalized spacial score (nSPS) is 11.2. The van der Waals surface area contributed by atoms with Crippen LogP contribution in [0.2, 0.25) is 10.0 Å². The molecule has 27 heavy (non-hydrogen) atoms. The van der Waals surface area contributed by atoms with E-state index in [9.17, 15) is 9.59 Å². The van der Waals surface area contributed by atoms with E-state index in [4.69, 9.17) is 23.2 Å². The number of anilines is 1. The minimum Gasteiger partial charge on any atom is -0.311 e. The number of nitrogens with zero attached hydrogens (tertiary/aromatic N) is 2. The van der Waals surface area contributed by atoms with Crippen molar-refractivity contribution in [3.05, 3.63) is 69.7 Å². The fourth-order valence-corrected chi connectivity index (χ4v) is 2.94. The predicted octanol–water partition coefficient (Wildman–Crippen LogP) is 4.80. The summed E-state index contributed by atoms with van der Waals surface area (Å²) in [5, 5.41) is 1.03. The summed E-state index contributed by atoms with van der Waals surface area (Å²) >= 11 is 12.0. The maximum absolute atomic E-state index is 12.4. The number of likely N-dealkylation sites (N-methyl/N-ethyl adjacent to an activating group) is 1. The highest BCUT2D eigenvalue weighted by Crippen LogP contribution is 2.22. The van der Waals surface area contributed by atoms with Gasteiger partial charge in [-0.2, -0.15) is 0 Å². The van der Waals surface area contributed by atoms with Gasteiger partial charge in [-0.15, -0.1) is 0 Å². The third-order valence-corrected chi connectivity index (χ3v) is 4.55. The molecule has 0 radical (unpaired) electrons. The summed E-state index contributed by atoms with van der Waals surface area (Å²) in [6.45, 7) is 2.88. The van der Waals surface area contributed by atoms with Gasteiger partial charge >= 0.3 is 0 Å². The number of halogens is 2. The molecule has 1 amide bonds. The first-order chi connectivity index (χ1) is 12.8. The first-order valence-electron chi connectivity index (χ1n) is 8.48. The molecule has 0 aliphatic heterocycles.